The Morgan fingerprint density at radius 1 is 1.16 bits per heavy atom. The van der Waals surface area contributed by atoms with Gasteiger partial charge in [-0.1, -0.05) is 38.2 Å². The topological polar surface area (TPSA) is 170 Å². The molecular weight excluding hydrogens is 604 g/mol. The van der Waals surface area contributed by atoms with E-state index in [1.165, 1.54) is 20.3 Å². The van der Waals surface area contributed by atoms with Crippen LogP contribution in [0.5, 0.6) is 0 Å². The molecule has 6 atom stereocenters. The Morgan fingerprint density at radius 3 is 2.40 bits per heavy atom. The standard InChI is InChI=1S/C32H48N4O8.ClH/c1-18-14-22-27(34-12-13-36(5)6)24(37)17-23(29(22)39)35-31(40)19(2)10-9-11-25(42-7)30(44-32(33)41)21(4)16-20(3)28(38)26(15-18)43-8;/h9-11,16-18,20,25-26,28,30,34,38H,12-15H2,1-8H3,(H2,33,41)(H,35,40);1H/b11-9+,19-10-,21-16-;/t18-,20+,25+,26-,28+,30-;/m0./s1. The van der Waals surface area contributed by atoms with Crippen LogP contribution in [0.25, 0.3) is 0 Å². The van der Waals surface area contributed by atoms with Crippen molar-refractivity contribution in [2.24, 2.45) is 17.6 Å². The highest BCUT2D eigenvalue weighted by atomic mass is 35.5. The summed E-state index contributed by atoms with van der Waals surface area (Å²) in [4.78, 5) is 53.7. The Morgan fingerprint density at radius 2 is 1.82 bits per heavy atom. The zero-order valence-corrected chi connectivity index (χ0v) is 28.2. The molecule has 1 aliphatic heterocycles. The van der Waals surface area contributed by atoms with E-state index in [0.29, 0.717) is 25.1 Å². The van der Waals surface area contributed by atoms with Crippen molar-refractivity contribution < 1.29 is 38.5 Å². The number of aliphatic hydroxyl groups excluding tert-OH is 1. The van der Waals surface area contributed by atoms with Gasteiger partial charge in [0.1, 0.15) is 6.10 Å². The van der Waals surface area contributed by atoms with Gasteiger partial charge < -0.3 is 40.6 Å². The molecule has 2 amide bonds. The van der Waals surface area contributed by atoms with Crippen molar-refractivity contribution in [3.8, 4) is 0 Å². The number of fused-ring (bicyclic) bond motifs is 2. The van der Waals surface area contributed by atoms with Gasteiger partial charge in [-0.25, -0.2) is 4.79 Å². The summed E-state index contributed by atoms with van der Waals surface area (Å²) in [7, 11) is 6.74. The molecule has 12 nitrogen and oxygen atoms in total. The number of amides is 2. The molecule has 0 saturated carbocycles. The number of ketones is 2. The number of methoxy groups -OCH3 is 2. The van der Waals surface area contributed by atoms with E-state index in [-0.39, 0.29) is 47.3 Å². The number of carbonyl (C=O) groups is 4. The van der Waals surface area contributed by atoms with E-state index in [2.05, 4.69) is 10.6 Å². The zero-order valence-electron chi connectivity index (χ0n) is 27.4. The number of hydrogen-bond acceptors (Lipinski definition) is 10. The van der Waals surface area contributed by atoms with Crippen LogP contribution in [0.15, 0.2) is 58.5 Å². The number of nitrogens with two attached hydrogens (primary N) is 1. The van der Waals surface area contributed by atoms with Crippen LogP contribution >= 0.6 is 12.4 Å². The zero-order chi connectivity index (χ0) is 33.1. The summed E-state index contributed by atoms with van der Waals surface area (Å²) in [6.07, 6.45) is 3.88. The third-order valence-corrected chi connectivity index (χ3v) is 7.65. The molecule has 2 rings (SSSR count). The lowest BCUT2D eigenvalue weighted by molar-refractivity contribution is -0.120. The van der Waals surface area contributed by atoms with E-state index in [9.17, 15) is 24.3 Å². The maximum atomic E-state index is 13.7. The maximum absolute atomic E-state index is 13.7. The summed E-state index contributed by atoms with van der Waals surface area (Å²) in [5.74, 6) is -2.06. The van der Waals surface area contributed by atoms with Gasteiger partial charge in [0, 0.05) is 50.4 Å². The number of hydrogen-bond donors (Lipinski definition) is 4. The fraction of sp³-hybridized carbons (Fsp3) is 0.562. The van der Waals surface area contributed by atoms with Gasteiger partial charge in [0.05, 0.1) is 23.6 Å². The quantitative estimate of drug-likeness (QED) is 0.237. The van der Waals surface area contributed by atoms with Crippen molar-refractivity contribution in [2.75, 3.05) is 41.4 Å². The molecule has 0 spiro atoms. The minimum atomic E-state index is -0.997. The Balaban J connectivity index is 0.0000101. The molecule has 45 heavy (non-hydrogen) atoms. The summed E-state index contributed by atoms with van der Waals surface area (Å²) in [5, 5.41) is 17.0. The van der Waals surface area contributed by atoms with Crippen LogP contribution in [0.2, 0.25) is 0 Å². The number of likely N-dealkylation sites (N-methyl/N-ethyl adjacent to an activating group) is 1. The van der Waals surface area contributed by atoms with E-state index < -0.39 is 53.9 Å². The smallest absolute Gasteiger partial charge is 0.405 e. The number of Topliss-reactive ketones (excluding diaryl/α,β-unsaturated/α-hetero) is 1. The first-order chi connectivity index (χ1) is 20.7. The van der Waals surface area contributed by atoms with E-state index in [0.717, 1.165) is 6.08 Å². The molecule has 1 aliphatic carbocycles. The van der Waals surface area contributed by atoms with Gasteiger partial charge >= 0.3 is 6.09 Å². The van der Waals surface area contributed by atoms with Crippen LogP contribution in [0.4, 0.5) is 4.79 Å². The number of rotatable bonds is 7. The molecule has 0 saturated heterocycles. The lowest BCUT2D eigenvalue weighted by atomic mass is 9.85. The normalized spacial score (nSPS) is 30.3. The van der Waals surface area contributed by atoms with Gasteiger partial charge in [0.25, 0.3) is 5.91 Å². The molecular formula is C32H49ClN4O8. The van der Waals surface area contributed by atoms with Crippen LogP contribution in [-0.4, -0.2) is 99.4 Å². The Hall–Kier alpha value is -3.29. The minimum Gasteiger partial charge on any atom is -0.439 e. The molecule has 0 radical (unpaired) electrons. The van der Waals surface area contributed by atoms with Crippen LogP contribution in [0.3, 0.4) is 0 Å². The second kappa shape index (κ2) is 18.6. The van der Waals surface area contributed by atoms with E-state index in [1.54, 1.807) is 32.1 Å². The van der Waals surface area contributed by atoms with Crippen molar-refractivity contribution in [1.29, 1.82) is 0 Å². The number of ether oxygens (including phenoxy) is 3. The number of allylic oxidation sites excluding steroid dienone is 4. The van der Waals surface area contributed by atoms with Crippen LogP contribution < -0.4 is 16.4 Å². The van der Waals surface area contributed by atoms with Crippen molar-refractivity contribution in [3.63, 3.8) is 0 Å². The minimum absolute atomic E-state index is 0. The summed E-state index contributed by atoms with van der Waals surface area (Å²) in [6.45, 7) is 8.09. The number of aliphatic hydroxyl groups is 1. The largest absolute Gasteiger partial charge is 0.439 e. The van der Waals surface area contributed by atoms with E-state index in [4.69, 9.17) is 19.9 Å². The molecule has 5 N–H and O–H groups in total. The average Bonchev–Trinajstić information content (AvgIpc) is 2.95. The molecule has 2 aliphatic rings. The monoisotopic (exact) mass is 652 g/mol. The van der Waals surface area contributed by atoms with Crippen molar-refractivity contribution in [2.45, 2.75) is 65.0 Å². The fourth-order valence-electron chi connectivity index (χ4n) is 5.18. The second-order valence-corrected chi connectivity index (χ2v) is 11.7. The number of nitrogens with zero attached hydrogens (tertiary/aromatic N) is 1. The number of nitrogens with one attached hydrogen (secondary N) is 2. The molecule has 0 aromatic heterocycles. The van der Waals surface area contributed by atoms with Crippen molar-refractivity contribution >= 4 is 36.0 Å². The molecule has 0 fully saturated rings. The average molecular weight is 653 g/mol. The molecule has 0 aromatic rings. The molecule has 252 valence electrons. The summed E-state index contributed by atoms with van der Waals surface area (Å²) >= 11 is 0. The van der Waals surface area contributed by atoms with Crippen molar-refractivity contribution in [1.82, 2.24) is 15.5 Å². The van der Waals surface area contributed by atoms with Gasteiger partial charge in [0.2, 0.25) is 11.6 Å². The van der Waals surface area contributed by atoms with E-state index >= 15 is 0 Å². The highest BCUT2D eigenvalue weighted by molar-refractivity contribution is 6.23. The lowest BCUT2D eigenvalue weighted by Crippen LogP contribution is -2.38. The Labute approximate surface area is 272 Å². The number of carbonyl (C=O) groups excluding carboxylic acids is 4. The fourth-order valence-corrected chi connectivity index (χ4v) is 5.18. The van der Waals surface area contributed by atoms with Gasteiger partial charge in [-0.2, -0.15) is 0 Å². The second-order valence-electron chi connectivity index (χ2n) is 11.7. The maximum Gasteiger partial charge on any atom is 0.405 e. The summed E-state index contributed by atoms with van der Waals surface area (Å²) in [6, 6.07) is 0. The molecule has 0 unspecified atom stereocenters. The van der Waals surface area contributed by atoms with Gasteiger partial charge in [-0.3, -0.25) is 14.4 Å². The SMILES string of the molecule is CO[C@H]1C[C@@H](C)CC2=C(NCCN(C)C)C(=O)C=C(NC(=O)/C(C)=C\C=C\[C@@H](OC)[C@@H](OC(N)=O)/C(C)=C\[C@@H](C)[C@H]1O)C2=O.Cl. The Kier molecular flexibility index (Phi) is 16.4. The van der Waals surface area contributed by atoms with E-state index in [1.807, 2.05) is 32.8 Å². The van der Waals surface area contributed by atoms with Crippen LogP contribution in [0.1, 0.15) is 40.5 Å². The number of primary amides is 1. The van der Waals surface area contributed by atoms with Crippen LogP contribution in [0, 0.1) is 11.8 Å². The number of halogens is 1. The van der Waals surface area contributed by atoms with Gasteiger partial charge in [0.15, 0.2) is 6.10 Å². The third kappa shape index (κ3) is 11.5. The highest BCUT2D eigenvalue weighted by Crippen LogP contribution is 2.28. The predicted molar refractivity (Wildman–Crippen MR) is 173 cm³/mol. The molecule has 13 heteroatoms. The Bertz CT molecular complexity index is 1240. The van der Waals surface area contributed by atoms with Gasteiger partial charge in [-0.15, -0.1) is 12.4 Å². The predicted octanol–water partition coefficient (Wildman–Crippen LogP) is 2.34. The first kappa shape index (κ1) is 39.7. The first-order valence-corrected chi connectivity index (χ1v) is 14.7. The molecule has 2 bridgehead atoms. The summed E-state index contributed by atoms with van der Waals surface area (Å²) < 4.78 is 16.6. The third-order valence-electron chi connectivity index (χ3n) is 7.65. The lowest BCUT2D eigenvalue weighted by Gasteiger charge is -2.30. The summed E-state index contributed by atoms with van der Waals surface area (Å²) in [5.41, 5.74) is 6.55. The molecule has 0 aromatic carbocycles. The highest BCUT2D eigenvalue weighted by Gasteiger charge is 2.33. The first-order valence-electron chi connectivity index (χ1n) is 14.7. The van der Waals surface area contributed by atoms with Crippen LogP contribution in [-0.2, 0) is 28.6 Å². The van der Waals surface area contributed by atoms with Crippen molar-refractivity contribution in [3.05, 3.63) is 58.5 Å². The molecule has 1 heterocycles. The van der Waals surface area contributed by atoms with Gasteiger partial charge in [-0.05, 0) is 52.3 Å².